The van der Waals surface area contributed by atoms with Gasteiger partial charge in [0.25, 0.3) is 0 Å². The molecule has 2 nitrogen and oxygen atoms in total. The average molecular weight is 601 g/mol. The van der Waals surface area contributed by atoms with E-state index in [2.05, 4.69) is 145 Å². The van der Waals surface area contributed by atoms with E-state index in [1.54, 1.807) is 17.4 Å². The molecule has 2 aromatic heterocycles. The van der Waals surface area contributed by atoms with Gasteiger partial charge in [0.1, 0.15) is 0 Å². The first-order valence-electron chi connectivity index (χ1n) is 15.3. The number of aromatic nitrogens is 1. The standard InChI is InChI=1S/C42H36N2S/c1-5-8-10-23-41-30(4)36(7-3)42(45-41)34(16-6-2)29-43-28-31-24-25-40-38(26-31)37-21-13-14-22-39(37)44(40)35-20-15-19-33(27-35)32-17-11-9-12-18-32/h1,6,8-27,43H,2,4,7,28-29H2,3H3/b10-8-,34-16-,41-23+. The van der Waals surface area contributed by atoms with Crippen molar-refractivity contribution in [2.24, 2.45) is 0 Å². The third-order valence-corrected chi connectivity index (χ3v) is 9.46. The van der Waals surface area contributed by atoms with Crippen molar-refractivity contribution in [3.63, 3.8) is 0 Å². The van der Waals surface area contributed by atoms with Crippen LogP contribution in [-0.4, -0.2) is 11.1 Å². The van der Waals surface area contributed by atoms with Gasteiger partial charge >= 0.3 is 0 Å². The van der Waals surface area contributed by atoms with Crippen LogP contribution in [0.5, 0.6) is 0 Å². The molecule has 1 N–H and O–H groups in total. The van der Waals surface area contributed by atoms with Gasteiger partial charge < -0.3 is 9.88 Å². The molecule has 6 rings (SSSR count). The van der Waals surface area contributed by atoms with E-state index < -0.39 is 0 Å². The summed E-state index contributed by atoms with van der Waals surface area (Å²) in [4.78, 5) is 1.26. The van der Waals surface area contributed by atoms with Crippen molar-refractivity contribution in [1.82, 2.24) is 9.88 Å². The largest absolute Gasteiger partial charge is 0.309 e. The second kappa shape index (κ2) is 13.7. The van der Waals surface area contributed by atoms with Crippen molar-refractivity contribution in [2.45, 2.75) is 19.9 Å². The maximum absolute atomic E-state index is 5.40. The molecule has 0 amide bonds. The minimum Gasteiger partial charge on any atom is -0.309 e. The summed E-state index contributed by atoms with van der Waals surface area (Å²) in [6.07, 6.45) is 16.0. The molecule has 0 saturated carbocycles. The van der Waals surface area contributed by atoms with Crippen molar-refractivity contribution in [3.05, 3.63) is 154 Å². The molecule has 0 saturated heterocycles. The van der Waals surface area contributed by atoms with Crippen LogP contribution in [0.2, 0.25) is 0 Å². The number of fused-ring (bicyclic) bond motifs is 3. The summed E-state index contributed by atoms with van der Waals surface area (Å²) in [6, 6.07) is 34.9. The predicted octanol–water partition coefficient (Wildman–Crippen LogP) is 8.81. The molecule has 0 spiro atoms. The minimum atomic E-state index is 0.727. The molecule has 220 valence electrons. The quantitative estimate of drug-likeness (QED) is 0.123. The molecular weight excluding hydrogens is 565 g/mol. The zero-order chi connectivity index (χ0) is 31.2. The van der Waals surface area contributed by atoms with Crippen LogP contribution in [0, 0.1) is 12.3 Å². The van der Waals surface area contributed by atoms with Crippen molar-refractivity contribution in [3.8, 4) is 29.2 Å². The van der Waals surface area contributed by atoms with Crippen LogP contribution in [-0.2, 0) is 13.0 Å². The predicted molar refractivity (Wildman–Crippen MR) is 197 cm³/mol. The summed E-state index contributed by atoms with van der Waals surface area (Å²) in [5, 5.41) is 7.29. The summed E-state index contributed by atoms with van der Waals surface area (Å²) in [6.45, 7) is 12.0. The fourth-order valence-corrected chi connectivity index (χ4v) is 7.31. The molecule has 0 atom stereocenters. The summed E-state index contributed by atoms with van der Waals surface area (Å²) < 4.78 is 3.52. The number of nitrogens with one attached hydrogen (secondary N) is 1. The zero-order valence-electron chi connectivity index (χ0n) is 25.6. The van der Waals surface area contributed by atoms with Gasteiger partial charge in [0.05, 0.1) is 11.0 Å². The van der Waals surface area contributed by atoms with Gasteiger partial charge in [-0.1, -0.05) is 111 Å². The molecule has 0 unspecified atom stereocenters. The van der Waals surface area contributed by atoms with E-state index in [-0.39, 0.29) is 0 Å². The van der Waals surface area contributed by atoms with E-state index in [0.717, 1.165) is 34.9 Å². The van der Waals surface area contributed by atoms with Crippen LogP contribution in [0.3, 0.4) is 0 Å². The fourth-order valence-electron chi connectivity index (χ4n) is 6.04. The van der Waals surface area contributed by atoms with E-state index in [0.29, 0.717) is 0 Å². The Balaban J connectivity index is 1.30. The number of nitrogens with zero attached hydrogens (tertiary/aromatic N) is 1. The summed E-state index contributed by atoms with van der Waals surface area (Å²) >= 11 is 1.76. The van der Waals surface area contributed by atoms with Crippen LogP contribution in [0.15, 0.2) is 128 Å². The Bertz CT molecular complexity index is 2220. The molecular formula is C42H36N2S. The van der Waals surface area contributed by atoms with Gasteiger partial charge in [0.15, 0.2) is 0 Å². The highest BCUT2D eigenvalue weighted by Gasteiger charge is 2.14. The Morgan fingerprint density at radius 1 is 0.911 bits per heavy atom. The smallest absolute Gasteiger partial charge is 0.0541 e. The first-order chi connectivity index (χ1) is 22.1. The topological polar surface area (TPSA) is 17.0 Å². The Morgan fingerprint density at radius 3 is 2.49 bits per heavy atom. The lowest BCUT2D eigenvalue weighted by molar-refractivity contribution is 0.768. The number of thiophene rings is 1. The van der Waals surface area contributed by atoms with Crippen LogP contribution in [0.25, 0.3) is 56.8 Å². The molecule has 4 aromatic carbocycles. The Morgan fingerprint density at radius 2 is 1.69 bits per heavy atom. The van der Waals surface area contributed by atoms with Crippen LogP contribution in [0.4, 0.5) is 0 Å². The molecule has 3 heteroatoms. The van der Waals surface area contributed by atoms with Gasteiger partial charge in [-0.3, -0.25) is 0 Å². The maximum Gasteiger partial charge on any atom is 0.0541 e. The fraction of sp³-hybridized carbons (Fsp3) is 0.0952. The summed E-state index contributed by atoms with van der Waals surface area (Å²) in [5.41, 5.74) is 9.73. The van der Waals surface area contributed by atoms with E-state index >= 15 is 0 Å². The number of hydrogen-bond acceptors (Lipinski definition) is 2. The van der Waals surface area contributed by atoms with E-state index in [1.165, 1.54) is 54.5 Å². The summed E-state index contributed by atoms with van der Waals surface area (Å²) in [5.74, 6) is 2.55. The second-order valence-corrected chi connectivity index (χ2v) is 12.0. The van der Waals surface area contributed by atoms with Crippen LogP contribution in [0.1, 0.15) is 22.9 Å². The van der Waals surface area contributed by atoms with E-state index in [4.69, 9.17) is 6.42 Å². The lowest BCUT2D eigenvalue weighted by Gasteiger charge is -2.11. The molecule has 0 bridgehead atoms. The molecule has 0 fully saturated rings. The summed E-state index contributed by atoms with van der Waals surface area (Å²) in [7, 11) is 0. The van der Waals surface area contributed by atoms with Crippen molar-refractivity contribution in [1.29, 1.82) is 0 Å². The highest BCUT2D eigenvalue weighted by atomic mass is 32.1. The monoisotopic (exact) mass is 600 g/mol. The Kier molecular flexibility index (Phi) is 9.08. The number of benzene rings is 4. The Hall–Kier alpha value is -5.14. The second-order valence-electron chi connectivity index (χ2n) is 11.0. The van der Waals surface area contributed by atoms with Gasteiger partial charge in [-0.05, 0) is 82.0 Å². The zero-order valence-corrected chi connectivity index (χ0v) is 26.4. The van der Waals surface area contributed by atoms with Crippen LogP contribution < -0.4 is 15.1 Å². The third-order valence-electron chi connectivity index (χ3n) is 8.15. The van der Waals surface area contributed by atoms with Crippen LogP contribution >= 0.6 is 11.3 Å². The molecule has 45 heavy (non-hydrogen) atoms. The number of para-hydroxylation sites is 1. The number of rotatable bonds is 10. The molecule has 0 aliphatic rings. The average Bonchev–Trinajstić information content (AvgIpc) is 3.58. The first-order valence-corrected chi connectivity index (χ1v) is 16.1. The third kappa shape index (κ3) is 6.12. The first kappa shape index (κ1) is 29.9. The van der Waals surface area contributed by atoms with Crippen molar-refractivity contribution >= 4 is 51.4 Å². The number of terminal acetylenes is 1. The Labute approximate surface area is 269 Å². The minimum absolute atomic E-state index is 0.727. The molecule has 0 aliphatic carbocycles. The van der Waals surface area contributed by atoms with Gasteiger partial charge in [-0.25, -0.2) is 0 Å². The van der Waals surface area contributed by atoms with E-state index in [1.807, 2.05) is 12.2 Å². The van der Waals surface area contributed by atoms with Gasteiger partial charge in [-0.15, -0.1) is 17.8 Å². The lowest BCUT2D eigenvalue weighted by Crippen LogP contribution is -2.20. The number of hydrogen-bond donors (Lipinski definition) is 1. The number of allylic oxidation sites excluding steroid dienone is 4. The van der Waals surface area contributed by atoms with E-state index in [9.17, 15) is 0 Å². The molecule has 2 heterocycles. The highest BCUT2D eigenvalue weighted by Crippen LogP contribution is 2.34. The van der Waals surface area contributed by atoms with Gasteiger partial charge in [0.2, 0.25) is 0 Å². The normalized spacial score (nSPS) is 12.4. The van der Waals surface area contributed by atoms with Gasteiger partial charge in [-0.2, -0.15) is 0 Å². The lowest BCUT2D eigenvalue weighted by atomic mass is 10.1. The molecule has 6 aromatic rings. The molecule has 0 radical (unpaired) electrons. The highest BCUT2D eigenvalue weighted by molar-refractivity contribution is 7.11. The van der Waals surface area contributed by atoms with Crippen molar-refractivity contribution < 1.29 is 0 Å². The van der Waals surface area contributed by atoms with Gasteiger partial charge in [0, 0.05) is 39.0 Å². The van der Waals surface area contributed by atoms with Crippen molar-refractivity contribution in [2.75, 3.05) is 6.54 Å². The maximum atomic E-state index is 5.40. The molecule has 0 aliphatic heterocycles. The SMILES string of the molecule is C#C/C=C\C=c1\sc(/C(=C\C=C)CNCc2ccc3c(c2)c2ccccc2n3-c2cccc(-c3ccccc3)c2)c(CC)c1=C.